The molecule has 1 amide bonds. The quantitative estimate of drug-likeness (QED) is 0.0483. The highest BCUT2D eigenvalue weighted by Crippen LogP contribution is 2.62. The number of aliphatic hydroxyl groups excluding tert-OH is 3. The summed E-state index contributed by atoms with van der Waals surface area (Å²) >= 11 is 0. The lowest BCUT2D eigenvalue weighted by molar-refractivity contribution is -0.258. The third-order valence-corrected chi connectivity index (χ3v) is 13.7. The fourth-order valence-corrected chi connectivity index (χ4v) is 10.8. The minimum Gasteiger partial charge on any atom is -0.459 e. The lowest BCUT2D eigenvalue weighted by atomic mass is 9.55. The van der Waals surface area contributed by atoms with E-state index in [1.807, 2.05) is 56.0 Å². The molecule has 3 aromatic carbocycles. The van der Waals surface area contributed by atoms with E-state index in [0.29, 0.717) is 43.1 Å². The number of hydrogen-bond donors (Lipinski definition) is 3. The summed E-state index contributed by atoms with van der Waals surface area (Å²) in [6.07, 6.45) is 15.0. The maximum absolute atomic E-state index is 15.0. The van der Waals surface area contributed by atoms with Crippen LogP contribution in [0.15, 0.2) is 90.1 Å². The Balaban J connectivity index is 1.41. The number of aliphatic hydroxyl groups is 3. The van der Waals surface area contributed by atoms with Crippen LogP contribution >= 0.6 is 0 Å². The van der Waals surface area contributed by atoms with E-state index in [2.05, 4.69) is 43.0 Å². The minimum absolute atomic E-state index is 0.0110. The van der Waals surface area contributed by atoms with Crippen molar-refractivity contribution < 1.29 is 43.9 Å². The van der Waals surface area contributed by atoms with Gasteiger partial charge in [0.25, 0.3) is 0 Å². The fraction of sp³-hybridized carbons (Fsp3) is 0.585. The van der Waals surface area contributed by atoms with Crippen molar-refractivity contribution in [3.05, 3.63) is 90.5 Å². The number of carbonyl (C=O) groups is 1. The molecule has 7 rings (SSSR count). The summed E-state index contributed by atoms with van der Waals surface area (Å²) in [4.78, 5) is 23.2. The highest BCUT2D eigenvalue weighted by atomic mass is 16.7. The Morgan fingerprint density at radius 2 is 1.64 bits per heavy atom. The molecule has 1 heterocycles. The Morgan fingerprint density at radius 1 is 0.906 bits per heavy atom. The number of oxime groups is 1. The molecule has 1 aliphatic heterocycles. The number of hydrogen-bond acceptors (Lipinski definition) is 10. The van der Waals surface area contributed by atoms with E-state index in [1.54, 1.807) is 6.08 Å². The first-order valence-corrected chi connectivity index (χ1v) is 24.0. The van der Waals surface area contributed by atoms with Crippen LogP contribution in [0.2, 0.25) is 0 Å². The number of ether oxygens (including phenoxy) is 4. The number of amides is 1. The number of fused-ring (bicyclic) bond motifs is 3. The van der Waals surface area contributed by atoms with Gasteiger partial charge in [-0.05, 0) is 117 Å². The van der Waals surface area contributed by atoms with Gasteiger partial charge in [0, 0.05) is 44.1 Å². The zero-order chi connectivity index (χ0) is 45.1. The molecule has 64 heavy (non-hydrogen) atoms. The summed E-state index contributed by atoms with van der Waals surface area (Å²) in [6, 6.07) is 19.8. The third kappa shape index (κ3) is 11.2. The third-order valence-electron chi connectivity index (χ3n) is 13.7. The van der Waals surface area contributed by atoms with Crippen LogP contribution in [0.4, 0.5) is 0 Å². The van der Waals surface area contributed by atoms with Crippen LogP contribution in [0.3, 0.4) is 0 Å². The lowest BCUT2D eigenvalue weighted by Crippen LogP contribution is -2.70. The van der Waals surface area contributed by atoms with Gasteiger partial charge in [0.1, 0.15) is 28.9 Å². The monoisotopic (exact) mass is 881 g/mol. The topological polar surface area (TPSA) is 140 Å². The van der Waals surface area contributed by atoms with Gasteiger partial charge < -0.3 is 44.0 Å². The molecule has 0 radical (unpaired) electrons. The highest BCUT2D eigenvalue weighted by Gasteiger charge is 2.65. The summed E-state index contributed by atoms with van der Waals surface area (Å²) in [6.45, 7) is 11.0. The molecule has 0 spiro atoms. The molecule has 11 nitrogen and oxygen atoms in total. The first-order valence-electron chi connectivity index (χ1n) is 24.0. The van der Waals surface area contributed by atoms with Crippen molar-refractivity contribution in [1.29, 1.82) is 0 Å². The first kappa shape index (κ1) is 47.7. The van der Waals surface area contributed by atoms with Crippen molar-refractivity contribution in [3.8, 4) is 17.2 Å². The predicted octanol–water partition coefficient (Wildman–Crippen LogP) is 9.87. The smallest absolute Gasteiger partial charge is 0.239 e. The first-order chi connectivity index (χ1) is 31.1. The van der Waals surface area contributed by atoms with Gasteiger partial charge in [-0.1, -0.05) is 86.2 Å². The van der Waals surface area contributed by atoms with Gasteiger partial charge in [0.2, 0.25) is 11.7 Å². The number of benzene rings is 3. The second-order valence-corrected chi connectivity index (χ2v) is 19.2. The molecule has 348 valence electrons. The zero-order valence-corrected chi connectivity index (χ0v) is 38.4. The van der Waals surface area contributed by atoms with Crippen LogP contribution in [0.25, 0.3) is 10.8 Å². The maximum Gasteiger partial charge on any atom is 0.239 e. The van der Waals surface area contributed by atoms with E-state index in [4.69, 9.17) is 28.9 Å². The van der Waals surface area contributed by atoms with Gasteiger partial charge in [-0.25, -0.2) is 0 Å². The van der Waals surface area contributed by atoms with Gasteiger partial charge in [0.15, 0.2) is 0 Å². The predicted molar refractivity (Wildman–Crippen MR) is 251 cm³/mol. The molecule has 4 aliphatic rings. The van der Waals surface area contributed by atoms with E-state index in [0.717, 1.165) is 78.3 Å². The Labute approximate surface area is 380 Å². The van der Waals surface area contributed by atoms with Crippen LogP contribution in [-0.2, 0) is 19.1 Å². The van der Waals surface area contributed by atoms with E-state index in [9.17, 15) is 20.1 Å². The second kappa shape index (κ2) is 22.3. The Kier molecular flexibility index (Phi) is 16.6. The minimum atomic E-state index is -1.37. The Morgan fingerprint density at radius 3 is 2.38 bits per heavy atom. The van der Waals surface area contributed by atoms with Crippen LogP contribution in [0.1, 0.15) is 116 Å². The summed E-state index contributed by atoms with van der Waals surface area (Å²) in [7, 11) is 0. The molecule has 3 aromatic rings. The molecule has 2 saturated carbocycles. The van der Waals surface area contributed by atoms with Crippen LogP contribution in [-0.4, -0.2) is 95.5 Å². The van der Waals surface area contributed by atoms with Gasteiger partial charge in [0.05, 0.1) is 38.1 Å². The summed E-state index contributed by atoms with van der Waals surface area (Å²) in [5.74, 6) is 0.798. The lowest BCUT2D eigenvalue weighted by Gasteiger charge is -2.60. The normalized spacial score (nSPS) is 24.8. The van der Waals surface area contributed by atoms with E-state index in [1.165, 1.54) is 12.8 Å². The van der Waals surface area contributed by atoms with Gasteiger partial charge in [-0.15, -0.1) is 6.58 Å². The number of carbonyl (C=O) groups excluding carboxylic acids is 1. The van der Waals surface area contributed by atoms with Gasteiger partial charge >= 0.3 is 0 Å². The van der Waals surface area contributed by atoms with Crippen molar-refractivity contribution >= 4 is 22.4 Å². The summed E-state index contributed by atoms with van der Waals surface area (Å²) in [5, 5.41) is 36.9. The van der Waals surface area contributed by atoms with Crippen molar-refractivity contribution in [2.75, 3.05) is 46.2 Å². The molecule has 0 saturated heterocycles. The summed E-state index contributed by atoms with van der Waals surface area (Å²) < 4.78 is 27.2. The zero-order valence-electron chi connectivity index (χ0n) is 38.4. The van der Waals surface area contributed by atoms with Crippen molar-refractivity contribution in [2.45, 2.75) is 128 Å². The molecule has 0 aromatic heterocycles. The van der Waals surface area contributed by atoms with E-state index < -0.39 is 23.3 Å². The van der Waals surface area contributed by atoms with Crippen LogP contribution in [0.5, 0.6) is 17.2 Å². The summed E-state index contributed by atoms with van der Waals surface area (Å²) in [5.41, 5.74) is 2.16. The van der Waals surface area contributed by atoms with E-state index in [-0.39, 0.29) is 69.8 Å². The van der Waals surface area contributed by atoms with E-state index >= 15 is 0 Å². The molecular formula is C53H72N2O9. The highest BCUT2D eigenvalue weighted by molar-refractivity contribution is 6.03. The molecule has 2 fully saturated rings. The van der Waals surface area contributed by atoms with Crippen LogP contribution in [0, 0.1) is 23.7 Å². The van der Waals surface area contributed by atoms with Gasteiger partial charge in [-0.2, -0.15) is 0 Å². The Hall–Kier alpha value is -4.26. The fourth-order valence-electron chi connectivity index (χ4n) is 10.8. The number of allylic oxidation sites excluding steroid dienone is 1. The second-order valence-electron chi connectivity index (χ2n) is 19.2. The van der Waals surface area contributed by atoms with Crippen LogP contribution < -0.4 is 9.47 Å². The average Bonchev–Trinajstić information content (AvgIpc) is 3.82. The average molecular weight is 881 g/mol. The molecule has 3 N–H and O–H groups in total. The van der Waals surface area contributed by atoms with Crippen molar-refractivity contribution in [2.24, 2.45) is 28.8 Å². The van der Waals surface area contributed by atoms with Crippen molar-refractivity contribution in [1.82, 2.24) is 4.90 Å². The molecule has 3 aliphatic carbocycles. The standard InChI is InChI=1S/C53H72N2O9/c1-5-30-61-53-48(55(26-31-60-32-29-58)49(59)25-20-37-14-6-7-15-37)36-46(54-64-52(2,3)4)44-34-40(18-10-12-27-56)43(19-11-13-28-57)50(51(44)53)45-35-42(23-24-47(45)63-53)62-41-22-21-38-16-8-9-17-39(38)33-41/h5,8-9,16-17,21-24,33-35,37,40,43,48,50-51,56-58H,1,6-7,10-15,18-20,25-32,36H2,2-4H3/t40-,43+,48-,50+,51+,53+/m0/s1. The Bertz CT molecular complexity index is 2070. The van der Waals surface area contributed by atoms with Crippen molar-refractivity contribution in [3.63, 3.8) is 0 Å². The maximum atomic E-state index is 15.0. The SMILES string of the molecule is C=CCO[C@@]12Oc3ccc(Oc4ccc5ccccc5c4)cc3[C@H]3[C@H](CCCCO)[C@@H](CCCCO)C=C(C(=NOC(C)(C)C)C[C@@H]1N(CCOCCO)C(=O)CCC1CCCC1)[C@H]32. The largest absolute Gasteiger partial charge is 0.459 e. The molecular weight excluding hydrogens is 809 g/mol. The number of rotatable bonds is 23. The van der Waals surface area contributed by atoms with Gasteiger partial charge in [-0.3, -0.25) is 4.79 Å². The number of nitrogens with zero attached hydrogens (tertiary/aromatic N) is 2. The molecule has 11 heteroatoms. The molecule has 0 unspecified atom stereocenters. The number of unbranched alkanes of at least 4 members (excludes halogenated alkanes) is 2. The molecule has 6 atom stereocenters. The molecule has 0 bridgehead atoms.